The molecule has 2 N–H and O–H groups in total. The molecule has 1 fully saturated rings. The second-order valence-electron chi connectivity index (χ2n) is 6.98. The van der Waals surface area contributed by atoms with Crippen molar-refractivity contribution in [2.75, 3.05) is 51.8 Å². The molecule has 7 heteroatoms. The van der Waals surface area contributed by atoms with E-state index in [1.807, 2.05) is 30.3 Å². The third-order valence-electron chi connectivity index (χ3n) is 5.14. The number of guanidine groups is 1. The average Bonchev–Trinajstić information content (AvgIpc) is 2.77. The molecule has 0 saturated carbocycles. The van der Waals surface area contributed by atoms with Gasteiger partial charge in [-0.05, 0) is 54.8 Å². The first-order valence-electron chi connectivity index (χ1n) is 9.87. The number of hydrogen-bond acceptors (Lipinski definition) is 4. The predicted molar refractivity (Wildman–Crippen MR) is 115 cm³/mol. The highest BCUT2D eigenvalue weighted by molar-refractivity contribution is 5.78. The quantitative estimate of drug-likeness (QED) is 0.440. The number of rotatable bonds is 7. The lowest BCUT2D eigenvalue weighted by atomic mass is 10.1. The van der Waals surface area contributed by atoms with Crippen LogP contribution in [0.2, 0.25) is 0 Å². The van der Waals surface area contributed by atoms with E-state index in [9.17, 15) is 4.39 Å². The molecule has 3 rings (SSSR count). The monoisotopic (exact) mass is 400 g/mol. The number of aliphatic imine (C=N–C) groups is 1. The lowest BCUT2D eigenvalue weighted by molar-refractivity contribution is 0.354. The maximum Gasteiger partial charge on any atom is 0.191 e. The smallest absolute Gasteiger partial charge is 0.191 e. The zero-order valence-corrected chi connectivity index (χ0v) is 17.1. The highest BCUT2D eigenvalue weighted by atomic mass is 19.1. The molecule has 1 aliphatic heterocycles. The molecule has 1 saturated heterocycles. The number of piperazine rings is 1. The van der Waals surface area contributed by atoms with E-state index in [-0.39, 0.29) is 5.82 Å². The van der Waals surface area contributed by atoms with Gasteiger partial charge in [0.05, 0.1) is 14.2 Å². The maximum absolute atomic E-state index is 13.1. The van der Waals surface area contributed by atoms with E-state index in [1.54, 1.807) is 14.2 Å². The topological polar surface area (TPSA) is 63.3 Å². The summed E-state index contributed by atoms with van der Waals surface area (Å²) >= 11 is 0. The first-order chi connectivity index (χ1) is 14.1. The normalized spacial score (nSPS) is 14.8. The molecule has 0 atom stereocenters. The number of ether oxygens (including phenoxy) is 2. The minimum absolute atomic E-state index is 0.211. The van der Waals surface area contributed by atoms with Crippen molar-refractivity contribution in [2.45, 2.75) is 12.8 Å². The number of hydrogen-bond donors (Lipinski definition) is 1. The van der Waals surface area contributed by atoms with Gasteiger partial charge in [-0.1, -0.05) is 6.07 Å². The van der Waals surface area contributed by atoms with E-state index < -0.39 is 0 Å². The molecule has 0 aromatic heterocycles. The highest BCUT2D eigenvalue weighted by Gasteiger charge is 2.18. The van der Waals surface area contributed by atoms with E-state index in [2.05, 4.69) is 14.8 Å². The van der Waals surface area contributed by atoms with E-state index in [1.165, 1.54) is 17.7 Å². The predicted octanol–water partition coefficient (Wildman–Crippen LogP) is 2.91. The van der Waals surface area contributed by atoms with Crippen LogP contribution in [0.15, 0.2) is 47.5 Å². The third kappa shape index (κ3) is 5.53. The van der Waals surface area contributed by atoms with Crippen LogP contribution in [-0.4, -0.2) is 57.8 Å². The minimum atomic E-state index is -0.211. The van der Waals surface area contributed by atoms with Crippen LogP contribution >= 0.6 is 0 Å². The zero-order chi connectivity index (χ0) is 20.6. The van der Waals surface area contributed by atoms with Crippen molar-refractivity contribution in [3.8, 4) is 11.5 Å². The minimum Gasteiger partial charge on any atom is -0.493 e. The van der Waals surface area contributed by atoms with Gasteiger partial charge in [-0.25, -0.2) is 4.39 Å². The molecule has 156 valence electrons. The van der Waals surface area contributed by atoms with Crippen molar-refractivity contribution in [3.05, 3.63) is 53.8 Å². The fraction of sp³-hybridized carbons (Fsp3) is 0.409. The summed E-state index contributed by atoms with van der Waals surface area (Å²) in [5.74, 6) is 1.86. The molecule has 2 aromatic rings. The Balaban J connectivity index is 1.44. The summed E-state index contributed by atoms with van der Waals surface area (Å²) in [6.45, 7) is 3.98. The fourth-order valence-electron chi connectivity index (χ4n) is 3.46. The first-order valence-corrected chi connectivity index (χ1v) is 9.87. The Morgan fingerprint density at radius 3 is 2.34 bits per heavy atom. The summed E-state index contributed by atoms with van der Waals surface area (Å²) in [5.41, 5.74) is 8.41. The van der Waals surface area contributed by atoms with Gasteiger partial charge in [0.2, 0.25) is 0 Å². The molecule has 0 aliphatic carbocycles. The summed E-state index contributed by atoms with van der Waals surface area (Å²) in [6, 6.07) is 12.6. The number of benzene rings is 2. The number of halogens is 1. The van der Waals surface area contributed by atoms with Crippen molar-refractivity contribution in [1.82, 2.24) is 4.90 Å². The number of nitrogens with zero attached hydrogens (tertiary/aromatic N) is 3. The van der Waals surface area contributed by atoms with Crippen molar-refractivity contribution in [2.24, 2.45) is 10.7 Å². The summed E-state index contributed by atoms with van der Waals surface area (Å²) in [7, 11) is 3.27. The molecule has 0 spiro atoms. The van der Waals surface area contributed by atoms with E-state index in [4.69, 9.17) is 15.2 Å². The van der Waals surface area contributed by atoms with Crippen LogP contribution < -0.4 is 20.1 Å². The summed E-state index contributed by atoms with van der Waals surface area (Å²) < 4.78 is 23.7. The van der Waals surface area contributed by atoms with E-state index >= 15 is 0 Å². The standard InChI is InChI=1S/C22H29FN4O2/c1-28-20-10-5-17(16-21(20)29-2)4-3-11-25-22(24)27-14-12-26(13-15-27)19-8-6-18(23)7-9-19/h5-10,16H,3-4,11-15H2,1-2H3,(H2,24,25). The van der Waals surface area contributed by atoms with Crippen LogP contribution in [0, 0.1) is 5.82 Å². The number of nitrogens with two attached hydrogens (primary N) is 1. The number of aryl methyl sites for hydroxylation is 1. The Kier molecular flexibility index (Phi) is 7.16. The lowest BCUT2D eigenvalue weighted by Crippen LogP contribution is -2.51. The molecule has 29 heavy (non-hydrogen) atoms. The maximum atomic E-state index is 13.1. The molecule has 0 radical (unpaired) electrons. The van der Waals surface area contributed by atoms with Gasteiger partial charge in [-0.15, -0.1) is 0 Å². The van der Waals surface area contributed by atoms with Crippen LogP contribution in [0.25, 0.3) is 0 Å². The SMILES string of the molecule is COc1ccc(CCCN=C(N)N2CCN(c3ccc(F)cc3)CC2)cc1OC. The second kappa shape index (κ2) is 10.0. The van der Waals surface area contributed by atoms with Crippen LogP contribution in [0.3, 0.4) is 0 Å². The first kappa shape index (κ1) is 20.8. The van der Waals surface area contributed by atoms with E-state index in [0.717, 1.165) is 56.2 Å². The largest absolute Gasteiger partial charge is 0.493 e. The van der Waals surface area contributed by atoms with Crippen molar-refractivity contribution < 1.29 is 13.9 Å². The Morgan fingerprint density at radius 2 is 1.69 bits per heavy atom. The molecule has 2 aromatic carbocycles. The summed E-state index contributed by atoms with van der Waals surface area (Å²) in [5, 5.41) is 0. The average molecular weight is 400 g/mol. The van der Waals surface area contributed by atoms with Crippen molar-refractivity contribution in [3.63, 3.8) is 0 Å². The molecule has 1 heterocycles. The third-order valence-corrected chi connectivity index (χ3v) is 5.14. The zero-order valence-electron chi connectivity index (χ0n) is 17.1. The van der Waals surface area contributed by atoms with Crippen LogP contribution in [-0.2, 0) is 6.42 Å². The molecule has 0 unspecified atom stereocenters. The molecular formula is C22H29FN4O2. The molecule has 1 aliphatic rings. The molecular weight excluding hydrogens is 371 g/mol. The van der Waals surface area contributed by atoms with Crippen molar-refractivity contribution >= 4 is 11.6 Å². The lowest BCUT2D eigenvalue weighted by Gasteiger charge is -2.36. The van der Waals surface area contributed by atoms with Gasteiger partial charge >= 0.3 is 0 Å². The fourth-order valence-corrected chi connectivity index (χ4v) is 3.46. The van der Waals surface area contributed by atoms with Crippen LogP contribution in [0.5, 0.6) is 11.5 Å². The molecule has 0 amide bonds. The Labute approximate surface area is 171 Å². The Bertz CT molecular complexity index is 818. The number of methoxy groups -OCH3 is 2. The summed E-state index contributed by atoms with van der Waals surface area (Å²) in [6.07, 6.45) is 1.81. The second-order valence-corrected chi connectivity index (χ2v) is 6.98. The van der Waals surface area contributed by atoms with E-state index in [0.29, 0.717) is 12.5 Å². The number of anilines is 1. The van der Waals surface area contributed by atoms with Gasteiger partial charge in [0.15, 0.2) is 17.5 Å². The van der Waals surface area contributed by atoms with Crippen molar-refractivity contribution in [1.29, 1.82) is 0 Å². The van der Waals surface area contributed by atoms with Crippen LogP contribution in [0.4, 0.5) is 10.1 Å². The summed E-state index contributed by atoms with van der Waals surface area (Å²) in [4.78, 5) is 8.89. The van der Waals surface area contributed by atoms with Gasteiger partial charge < -0.3 is 25.0 Å². The van der Waals surface area contributed by atoms with Gasteiger partial charge in [0.1, 0.15) is 5.82 Å². The molecule has 0 bridgehead atoms. The van der Waals surface area contributed by atoms with Gasteiger partial charge in [-0.2, -0.15) is 0 Å². The Morgan fingerprint density at radius 1 is 1.00 bits per heavy atom. The van der Waals surface area contributed by atoms with Gasteiger partial charge in [-0.3, -0.25) is 4.99 Å². The Hall–Kier alpha value is -2.96. The molecule has 6 nitrogen and oxygen atoms in total. The highest BCUT2D eigenvalue weighted by Crippen LogP contribution is 2.28. The van der Waals surface area contributed by atoms with Gasteiger partial charge in [0, 0.05) is 38.4 Å². The van der Waals surface area contributed by atoms with Gasteiger partial charge in [0.25, 0.3) is 0 Å². The van der Waals surface area contributed by atoms with Crippen LogP contribution in [0.1, 0.15) is 12.0 Å².